The van der Waals surface area contributed by atoms with Crippen LogP contribution in [0.5, 0.6) is 17.2 Å². The lowest BCUT2D eigenvalue weighted by atomic mass is 9.87. The fourth-order valence-electron chi connectivity index (χ4n) is 5.63. The van der Waals surface area contributed by atoms with Crippen LogP contribution in [-0.2, 0) is 20.9 Å². The highest BCUT2D eigenvalue weighted by Crippen LogP contribution is 2.35. The third kappa shape index (κ3) is 8.24. The minimum atomic E-state index is -1.01. The van der Waals surface area contributed by atoms with Gasteiger partial charge in [0.1, 0.15) is 11.5 Å². The molecule has 3 aromatic carbocycles. The number of halogens is 2. The highest BCUT2D eigenvalue weighted by Gasteiger charge is 2.33. The molecule has 12 heteroatoms. The molecular weight excluding hydrogens is 602 g/mol. The van der Waals surface area contributed by atoms with Gasteiger partial charge in [0.2, 0.25) is 5.82 Å². The Kier molecular flexibility index (Phi) is 11.3. The van der Waals surface area contributed by atoms with E-state index in [-0.39, 0.29) is 43.9 Å². The maximum Gasteiger partial charge on any atom is 0.407 e. The molecular formula is C34H38F2N2O8. The van der Waals surface area contributed by atoms with Crippen LogP contribution in [0, 0.1) is 11.6 Å². The van der Waals surface area contributed by atoms with E-state index in [2.05, 4.69) is 0 Å². The van der Waals surface area contributed by atoms with Crippen LogP contribution in [0.3, 0.4) is 0 Å². The van der Waals surface area contributed by atoms with Crippen LogP contribution in [-0.4, -0.2) is 81.3 Å². The average molecular weight is 641 g/mol. The van der Waals surface area contributed by atoms with Crippen molar-refractivity contribution in [2.75, 3.05) is 58.1 Å². The summed E-state index contributed by atoms with van der Waals surface area (Å²) in [7, 11) is 1.62. The highest BCUT2D eigenvalue weighted by atomic mass is 19.2. The van der Waals surface area contributed by atoms with Crippen LogP contribution >= 0.6 is 0 Å². The Morgan fingerprint density at radius 1 is 1.02 bits per heavy atom. The summed E-state index contributed by atoms with van der Waals surface area (Å²) < 4.78 is 55.3. The van der Waals surface area contributed by atoms with E-state index in [0.29, 0.717) is 62.8 Å². The number of carboxylic acid groups (broad SMARTS) is 1. The van der Waals surface area contributed by atoms with Crippen molar-refractivity contribution >= 4 is 17.7 Å². The predicted molar refractivity (Wildman–Crippen MR) is 165 cm³/mol. The predicted octanol–water partition coefficient (Wildman–Crippen LogP) is 5.63. The van der Waals surface area contributed by atoms with Gasteiger partial charge in [-0.2, -0.15) is 4.39 Å². The van der Waals surface area contributed by atoms with E-state index in [1.54, 1.807) is 12.0 Å². The van der Waals surface area contributed by atoms with E-state index < -0.39 is 23.8 Å². The second kappa shape index (κ2) is 15.7. The van der Waals surface area contributed by atoms with Gasteiger partial charge in [0, 0.05) is 39.1 Å². The minimum Gasteiger partial charge on any atom is -0.493 e. The molecule has 0 aromatic heterocycles. The first-order valence-corrected chi connectivity index (χ1v) is 15.3. The summed E-state index contributed by atoms with van der Waals surface area (Å²) in [6, 6.07) is 17.0. The highest BCUT2D eigenvalue weighted by molar-refractivity contribution is 5.97. The number of benzene rings is 3. The Bertz CT molecular complexity index is 1490. The fraction of sp³-hybridized carbons (Fsp3) is 0.412. The molecule has 2 unspecified atom stereocenters. The number of hydrogen-bond donors (Lipinski definition) is 1. The number of fused-ring (bicyclic) bond motifs is 1. The summed E-state index contributed by atoms with van der Waals surface area (Å²) in [4.78, 5) is 27.5. The van der Waals surface area contributed by atoms with Crippen molar-refractivity contribution in [2.24, 2.45) is 0 Å². The molecule has 46 heavy (non-hydrogen) atoms. The number of carbonyl (C=O) groups is 2. The summed E-state index contributed by atoms with van der Waals surface area (Å²) >= 11 is 0. The second-order valence-corrected chi connectivity index (χ2v) is 11.1. The van der Waals surface area contributed by atoms with Crippen LogP contribution in [0.2, 0.25) is 0 Å². The van der Waals surface area contributed by atoms with Gasteiger partial charge >= 0.3 is 6.09 Å². The van der Waals surface area contributed by atoms with Crippen molar-refractivity contribution in [3.8, 4) is 17.2 Å². The molecule has 1 fully saturated rings. The van der Waals surface area contributed by atoms with Gasteiger partial charge in [-0.25, -0.2) is 9.18 Å². The fourth-order valence-corrected chi connectivity index (χ4v) is 5.63. The number of methoxy groups -OCH3 is 1. The van der Waals surface area contributed by atoms with Crippen LogP contribution in [0.15, 0.2) is 60.7 Å². The number of ether oxygens (including phenoxy) is 5. The van der Waals surface area contributed by atoms with E-state index in [0.717, 1.165) is 17.2 Å². The molecule has 2 heterocycles. The van der Waals surface area contributed by atoms with Crippen molar-refractivity contribution < 1.29 is 47.2 Å². The summed E-state index contributed by atoms with van der Waals surface area (Å²) in [5.74, 6) is -0.998. The summed E-state index contributed by atoms with van der Waals surface area (Å²) in [5.41, 5.74) is 2.53. The van der Waals surface area contributed by atoms with Crippen molar-refractivity contribution in [1.82, 2.24) is 4.90 Å². The maximum absolute atomic E-state index is 13.7. The average Bonchev–Trinajstić information content (AvgIpc) is 3.06. The topological polar surface area (TPSA) is 107 Å². The Morgan fingerprint density at radius 3 is 2.61 bits per heavy atom. The summed E-state index contributed by atoms with van der Waals surface area (Å²) in [6.07, 6.45) is 0.354. The quantitative estimate of drug-likeness (QED) is 0.226. The second-order valence-electron chi connectivity index (χ2n) is 11.1. The molecule has 2 amide bonds. The molecule has 1 N–H and O–H groups in total. The first-order valence-electron chi connectivity index (χ1n) is 15.3. The van der Waals surface area contributed by atoms with Crippen LogP contribution in [0.1, 0.15) is 36.3 Å². The zero-order valence-corrected chi connectivity index (χ0v) is 25.7. The number of piperidine rings is 1. The molecule has 0 aliphatic carbocycles. The first-order chi connectivity index (χ1) is 22.3. The van der Waals surface area contributed by atoms with Gasteiger partial charge < -0.3 is 38.6 Å². The number of likely N-dealkylation sites (tertiary alicyclic amines) is 1. The lowest BCUT2D eigenvalue weighted by Crippen LogP contribution is -2.46. The van der Waals surface area contributed by atoms with Gasteiger partial charge in [0.15, 0.2) is 18.2 Å². The molecule has 2 aliphatic heterocycles. The third-order valence-electron chi connectivity index (χ3n) is 8.03. The molecule has 0 spiro atoms. The zero-order valence-electron chi connectivity index (χ0n) is 25.7. The number of carbonyl (C=O) groups excluding carboxylic acids is 1. The molecule has 2 atom stereocenters. The van der Waals surface area contributed by atoms with Crippen LogP contribution in [0.25, 0.3) is 0 Å². The monoisotopic (exact) mass is 640 g/mol. The lowest BCUT2D eigenvalue weighted by Gasteiger charge is -2.37. The SMILES string of the molecule is COCCCN1C(=O)COc2ccc(COC3CN(C(=O)O)CCC3c3ccc(OCCCOc4cccc(F)c4F)cc3)cc21. The standard InChI is InChI=1S/C34H38F2N2O8/c1-42-16-3-14-38-28-19-23(7-12-29(28)46-22-32(38)39)21-45-31-20-37(34(40)41)15-13-26(31)24-8-10-25(11-9-24)43-17-4-18-44-30-6-2-5-27(35)33(30)36/h2,5-12,19,26,31H,3-4,13-18,20-22H2,1H3,(H,40,41). The Labute approximate surface area is 266 Å². The number of anilines is 1. The van der Waals surface area contributed by atoms with Crippen molar-refractivity contribution in [1.29, 1.82) is 0 Å². The Hall–Kier alpha value is -4.42. The van der Waals surface area contributed by atoms with E-state index in [4.69, 9.17) is 23.7 Å². The molecule has 2 aliphatic rings. The molecule has 246 valence electrons. The smallest absolute Gasteiger partial charge is 0.407 e. The van der Waals surface area contributed by atoms with E-state index in [9.17, 15) is 23.5 Å². The first kappa shape index (κ1) is 33.0. The van der Waals surface area contributed by atoms with Gasteiger partial charge in [-0.15, -0.1) is 0 Å². The molecule has 3 aromatic rings. The largest absolute Gasteiger partial charge is 0.493 e. The van der Waals surface area contributed by atoms with Crippen LogP contribution < -0.4 is 19.1 Å². The molecule has 0 radical (unpaired) electrons. The van der Waals surface area contributed by atoms with E-state index in [1.807, 2.05) is 42.5 Å². The molecule has 5 rings (SSSR count). The number of nitrogens with zero attached hydrogens (tertiary/aromatic N) is 2. The van der Waals surface area contributed by atoms with Crippen LogP contribution in [0.4, 0.5) is 19.3 Å². The zero-order chi connectivity index (χ0) is 32.5. The lowest BCUT2D eigenvalue weighted by molar-refractivity contribution is -0.121. The molecule has 10 nitrogen and oxygen atoms in total. The molecule has 0 bridgehead atoms. The van der Waals surface area contributed by atoms with Gasteiger partial charge in [0.25, 0.3) is 5.91 Å². The van der Waals surface area contributed by atoms with Gasteiger partial charge in [-0.1, -0.05) is 24.3 Å². The normalized spacial score (nSPS) is 17.8. The Balaban J connectivity index is 1.18. The molecule has 1 saturated heterocycles. The Morgan fingerprint density at radius 2 is 1.83 bits per heavy atom. The number of amides is 2. The van der Waals surface area contributed by atoms with Gasteiger partial charge in [0.05, 0.1) is 38.2 Å². The number of hydrogen-bond acceptors (Lipinski definition) is 7. The van der Waals surface area contributed by atoms with Gasteiger partial charge in [-0.3, -0.25) is 4.79 Å². The van der Waals surface area contributed by atoms with Crippen molar-refractivity contribution in [3.05, 3.63) is 83.4 Å². The van der Waals surface area contributed by atoms with Crippen molar-refractivity contribution in [2.45, 2.75) is 37.9 Å². The minimum absolute atomic E-state index is 0.0133. The summed E-state index contributed by atoms with van der Waals surface area (Å²) in [5, 5.41) is 9.67. The third-order valence-corrected chi connectivity index (χ3v) is 8.03. The van der Waals surface area contributed by atoms with E-state index in [1.165, 1.54) is 17.0 Å². The van der Waals surface area contributed by atoms with E-state index >= 15 is 0 Å². The summed E-state index contributed by atoms with van der Waals surface area (Å²) in [6.45, 7) is 2.35. The number of rotatable bonds is 14. The molecule has 0 saturated carbocycles. The van der Waals surface area contributed by atoms with Gasteiger partial charge in [-0.05, 0) is 60.4 Å². The maximum atomic E-state index is 13.7. The van der Waals surface area contributed by atoms with Crippen molar-refractivity contribution in [3.63, 3.8) is 0 Å².